The number of carbonyl (C=O) groups is 1. The van der Waals surface area contributed by atoms with Gasteiger partial charge in [-0.25, -0.2) is 4.98 Å². The van der Waals surface area contributed by atoms with Crippen LogP contribution in [0, 0.1) is 6.92 Å². The molecule has 21 heavy (non-hydrogen) atoms. The molecule has 2 aromatic rings. The van der Waals surface area contributed by atoms with Crippen molar-refractivity contribution in [1.29, 1.82) is 0 Å². The molecule has 1 aliphatic rings. The highest BCUT2D eigenvalue weighted by Crippen LogP contribution is 2.24. The zero-order chi connectivity index (χ0) is 14.8. The van der Waals surface area contributed by atoms with E-state index in [2.05, 4.69) is 21.7 Å². The normalized spacial score (nSPS) is 18.9. The summed E-state index contributed by atoms with van der Waals surface area (Å²) < 4.78 is 0. The minimum absolute atomic E-state index is 0.0162. The number of carbonyl (C=O) groups excluding carboxylic acids is 1. The Bertz CT molecular complexity index is 652. The van der Waals surface area contributed by atoms with E-state index in [0.717, 1.165) is 29.2 Å². The van der Waals surface area contributed by atoms with Crippen LogP contribution in [0.2, 0.25) is 0 Å². The topological polar surface area (TPSA) is 54.0 Å². The van der Waals surface area contributed by atoms with Crippen molar-refractivity contribution in [2.24, 2.45) is 0 Å². The molecule has 0 fully saturated rings. The molecular formula is C16H19N3OS. The smallest absolute Gasteiger partial charge is 0.242 e. The first kappa shape index (κ1) is 14.2. The van der Waals surface area contributed by atoms with Crippen molar-refractivity contribution in [2.75, 3.05) is 6.54 Å². The number of thiazole rings is 1. The molecule has 2 atom stereocenters. The first-order valence-electron chi connectivity index (χ1n) is 7.19. The van der Waals surface area contributed by atoms with E-state index < -0.39 is 0 Å². The van der Waals surface area contributed by atoms with E-state index in [0.29, 0.717) is 0 Å². The second-order valence-corrected chi connectivity index (χ2v) is 6.28. The number of aromatic nitrogens is 1. The fourth-order valence-corrected chi connectivity index (χ4v) is 3.47. The van der Waals surface area contributed by atoms with Crippen LogP contribution >= 0.6 is 11.3 Å². The zero-order valence-corrected chi connectivity index (χ0v) is 13.0. The zero-order valence-electron chi connectivity index (χ0n) is 12.2. The summed E-state index contributed by atoms with van der Waals surface area (Å²) in [4.78, 5) is 17.0. The van der Waals surface area contributed by atoms with Crippen molar-refractivity contribution in [3.05, 3.63) is 51.5 Å². The Kier molecular flexibility index (Phi) is 4.03. The molecule has 2 heterocycles. The van der Waals surface area contributed by atoms with Crippen LogP contribution in [0.4, 0.5) is 0 Å². The van der Waals surface area contributed by atoms with Crippen molar-refractivity contribution in [3.63, 3.8) is 0 Å². The van der Waals surface area contributed by atoms with E-state index in [-0.39, 0.29) is 18.0 Å². The Labute approximate surface area is 128 Å². The van der Waals surface area contributed by atoms with E-state index in [9.17, 15) is 4.79 Å². The van der Waals surface area contributed by atoms with Gasteiger partial charge in [0.15, 0.2) is 0 Å². The maximum atomic E-state index is 12.6. The van der Waals surface area contributed by atoms with Gasteiger partial charge in [0.2, 0.25) is 5.91 Å². The maximum Gasteiger partial charge on any atom is 0.242 e. The summed E-state index contributed by atoms with van der Waals surface area (Å²) in [5, 5.41) is 9.33. The molecule has 0 spiro atoms. The SMILES string of the molecule is Cc1csc(C(C)NC(=O)C2NCCc3ccccc32)n1. The first-order valence-corrected chi connectivity index (χ1v) is 8.06. The molecular weight excluding hydrogens is 282 g/mol. The standard InChI is InChI=1S/C16H19N3OS/c1-10-9-21-16(18-10)11(2)19-15(20)14-13-6-4-3-5-12(13)7-8-17-14/h3-6,9,11,14,17H,7-8H2,1-2H3,(H,19,20). The second-order valence-electron chi connectivity index (χ2n) is 5.39. The summed E-state index contributed by atoms with van der Waals surface area (Å²) in [5.74, 6) is 0.0162. The van der Waals surface area contributed by atoms with Crippen LogP contribution in [0.3, 0.4) is 0 Å². The van der Waals surface area contributed by atoms with Gasteiger partial charge in [-0.2, -0.15) is 0 Å². The predicted molar refractivity (Wildman–Crippen MR) is 84.3 cm³/mol. The number of nitrogens with one attached hydrogen (secondary N) is 2. The average Bonchev–Trinajstić information content (AvgIpc) is 2.93. The lowest BCUT2D eigenvalue weighted by molar-refractivity contribution is -0.124. The van der Waals surface area contributed by atoms with Gasteiger partial charge < -0.3 is 10.6 Å². The van der Waals surface area contributed by atoms with Gasteiger partial charge in [-0.05, 0) is 31.4 Å². The third-order valence-electron chi connectivity index (χ3n) is 3.74. The molecule has 5 heteroatoms. The van der Waals surface area contributed by atoms with E-state index in [1.165, 1.54) is 5.56 Å². The number of hydrogen-bond acceptors (Lipinski definition) is 4. The second kappa shape index (κ2) is 5.95. The van der Waals surface area contributed by atoms with Gasteiger partial charge in [-0.3, -0.25) is 4.79 Å². The van der Waals surface area contributed by atoms with Gasteiger partial charge in [0, 0.05) is 17.6 Å². The van der Waals surface area contributed by atoms with E-state index in [1.807, 2.05) is 37.4 Å². The number of benzene rings is 1. The highest BCUT2D eigenvalue weighted by Gasteiger charge is 2.27. The quantitative estimate of drug-likeness (QED) is 0.916. The van der Waals surface area contributed by atoms with E-state index >= 15 is 0 Å². The molecule has 110 valence electrons. The molecule has 0 saturated carbocycles. The van der Waals surface area contributed by atoms with Gasteiger partial charge >= 0.3 is 0 Å². The molecule has 3 rings (SSSR count). The van der Waals surface area contributed by atoms with Crippen LogP contribution in [0.15, 0.2) is 29.6 Å². The average molecular weight is 301 g/mol. The number of amides is 1. The fourth-order valence-electron chi connectivity index (χ4n) is 2.67. The summed E-state index contributed by atoms with van der Waals surface area (Å²) in [5.41, 5.74) is 3.34. The Morgan fingerprint density at radius 3 is 3.05 bits per heavy atom. The van der Waals surface area contributed by atoms with Crippen LogP contribution in [0.25, 0.3) is 0 Å². The Hall–Kier alpha value is -1.72. The Morgan fingerprint density at radius 2 is 2.29 bits per heavy atom. The number of nitrogens with zero attached hydrogens (tertiary/aromatic N) is 1. The summed E-state index contributed by atoms with van der Waals surface area (Å²) >= 11 is 1.59. The summed E-state index contributed by atoms with van der Waals surface area (Å²) in [6, 6.07) is 7.82. The lowest BCUT2D eigenvalue weighted by Gasteiger charge is -2.27. The number of rotatable bonds is 3. The van der Waals surface area contributed by atoms with Crippen molar-refractivity contribution in [1.82, 2.24) is 15.6 Å². The number of aryl methyl sites for hydroxylation is 1. The van der Waals surface area contributed by atoms with Crippen molar-refractivity contribution >= 4 is 17.2 Å². The van der Waals surface area contributed by atoms with Gasteiger partial charge in [0.05, 0.1) is 6.04 Å². The van der Waals surface area contributed by atoms with Crippen LogP contribution in [0.5, 0.6) is 0 Å². The Morgan fingerprint density at radius 1 is 1.48 bits per heavy atom. The van der Waals surface area contributed by atoms with Crippen LogP contribution < -0.4 is 10.6 Å². The molecule has 0 saturated heterocycles. The molecule has 2 N–H and O–H groups in total. The summed E-state index contributed by atoms with van der Waals surface area (Å²) in [6.45, 7) is 4.78. The number of fused-ring (bicyclic) bond motifs is 1. The highest BCUT2D eigenvalue weighted by atomic mass is 32.1. The van der Waals surface area contributed by atoms with Crippen LogP contribution in [-0.2, 0) is 11.2 Å². The maximum absolute atomic E-state index is 12.6. The molecule has 0 bridgehead atoms. The van der Waals surface area contributed by atoms with Gasteiger partial charge in [0.25, 0.3) is 0 Å². The van der Waals surface area contributed by atoms with Crippen LogP contribution in [0.1, 0.15) is 40.8 Å². The Balaban J connectivity index is 1.74. The monoisotopic (exact) mass is 301 g/mol. The largest absolute Gasteiger partial charge is 0.345 e. The van der Waals surface area contributed by atoms with Crippen molar-refractivity contribution < 1.29 is 4.79 Å². The minimum Gasteiger partial charge on any atom is -0.345 e. The van der Waals surface area contributed by atoms with Gasteiger partial charge in [0.1, 0.15) is 11.0 Å². The van der Waals surface area contributed by atoms with E-state index in [1.54, 1.807) is 11.3 Å². The number of hydrogen-bond donors (Lipinski definition) is 2. The summed E-state index contributed by atoms with van der Waals surface area (Å²) in [7, 11) is 0. The molecule has 0 aliphatic carbocycles. The molecule has 2 unspecified atom stereocenters. The minimum atomic E-state index is -0.265. The first-order chi connectivity index (χ1) is 10.1. The predicted octanol–water partition coefficient (Wildman–Crippen LogP) is 2.52. The molecule has 0 radical (unpaired) electrons. The van der Waals surface area contributed by atoms with Crippen molar-refractivity contribution in [2.45, 2.75) is 32.4 Å². The molecule has 1 amide bonds. The summed E-state index contributed by atoms with van der Waals surface area (Å²) in [6.07, 6.45) is 0.973. The lowest BCUT2D eigenvalue weighted by atomic mass is 9.94. The van der Waals surface area contributed by atoms with E-state index in [4.69, 9.17) is 0 Å². The molecule has 4 nitrogen and oxygen atoms in total. The lowest BCUT2D eigenvalue weighted by Crippen LogP contribution is -2.42. The third-order valence-corrected chi connectivity index (χ3v) is 4.88. The molecule has 1 aliphatic heterocycles. The van der Waals surface area contributed by atoms with Gasteiger partial charge in [-0.15, -0.1) is 11.3 Å². The molecule has 1 aromatic heterocycles. The van der Waals surface area contributed by atoms with Crippen LogP contribution in [-0.4, -0.2) is 17.4 Å². The highest BCUT2D eigenvalue weighted by molar-refractivity contribution is 7.09. The van der Waals surface area contributed by atoms with Crippen molar-refractivity contribution in [3.8, 4) is 0 Å². The fraction of sp³-hybridized carbons (Fsp3) is 0.375. The third kappa shape index (κ3) is 2.99. The molecule has 1 aromatic carbocycles. The van der Waals surface area contributed by atoms with Gasteiger partial charge in [-0.1, -0.05) is 24.3 Å².